The third-order valence-corrected chi connectivity index (χ3v) is 6.20. The molecule has 0 spiro atoms. The van der Waals surface area contributed by atoms with Crippen LogP contribution in [0.5, 0.6) is 5.75 Å². The number of nitrogens with one attached hydrogen (secondary N) is 3. The van der Waals surface area contributed by atoms with Crippen molar-refractivity contribution >= 4 is 33.2 Å². The number of nitrogens with zero attached hydrogens (tertiary/aromatic N) is 2. The number of aryl methyl sites for hydroxylation is 1. The zero-order chi connectivity index (χ0) is 24.8. The van der Waals surface area contributed by atoms with Gasteiger partial charge in [0.25, 0.3) is 0 Å². The highest BCUT2D eigenvalue weighted by Crippen LogP contribution is 2.34. The summed E-state index contributed by atoms with van der Waals surface area (Å²) < 4.78 is 36.1. The van der Waals surface area contributed by atoms with Gasteiger partial charge < -0.3 is 19.9 Å². The summed E-state index contributed by atoms with van der Waals surface area (Å²) >= 11 is 0. The van der Waals surface area contributed by atoms with Crippen LogP contribution in [0.2, 0.25) is 0 Å². The van der Waals surface area contributed by atoms with E-state index >= 15 is 0 Å². The third kappa shape index (κ3) is 6.92. The molecule has 1 fully saturated rings. The summed E-state index contributed by atoms with van der Waals surface area (Å²) in [6, 6.07) is 4.64. The van der Waals surface area contributed by atoms with Gasteiger partial charge in [0, 0.05) is 25.5 Å². The van der Waals surface area contributed by atoms with Gasteiger partial charge in [-0.3, -0.25) is 14.3 Å². The van der Waals surface area contributed by atoms with Crippen molar-refractivity contribution < 1.29 is 27.3 Å². The van der Waals surface area contributed by atoms with Gasteiger partial charge in [0.2, 0.25) is 27.7 Å². The van der Waals surface area contributed by atoms with Crippen LogP contribution in [0.25, 0.3) is 0 Å². The van der Waals surface area contributed by atoms with Gasteiger partial charge in [0.05, 0.1) is 19.1 Å². The second kappa shape index (κ2) is 10.9. The molecule has 12 heteroatoms. The Balaban J connectivity index is 1.65. The molecule has 1 saturated carbocycles. The Morgan fingerprint density at radius 3 is 2.50 bits per heavy atom. The molecule has 3 N–H and O–H groups in total. The van der Waals surface area contributed by atoms with E-state index in [1.807, 2.05) is 0 Å². The van der Waals surface area contributed by atoms with Crippen LogP contribution in [0.4, 0.5) is 11.4 Å². The highest BCUT2D eigenvalue weighted by atomic mass is 32.2. The summed E-state index contributed by atoms with van der Waals surface area (Å²) in [6.07, 6.45) is 6.94. The van der Waals surface area contributed by atoms with Crippen LogP contribution >= 0.6 is 0 Å². The number of ether oxygens (including phenoxy) is 1. The van der Waals surface area contributed by atoms with Gasteiger partial charge in [-0.2, -0.15) is 4.98 Å². The SMILES string of the molecule is COc1ccc(NC(=O)CCc2nc(C3(NC(C)=O)CCCCCC3)no2)cc1NS(C)(=O)=O. The van der Waals surface area contributed by atoms with Crippen molar-refractivity contribution in [1.82, 2.24) is 15.5 Å². The minimum atomic E-state index is -3.52. The smallest absolute Gasteiger partial charge is 0.229 e. The standard InChI is InChI=1S/C22H31N5O6S/c1-15(28)25-22(12-6-4-5-7-13-22)21-24-20(33-26-21)11-10-19(29)23-16-8-9-18(32-2)17(14-16)27-34(3,30)31/h8-9,14,27H,4-7,10-13H2,1-3H3,(H,23,29)(H,25,28). The van der Waals surface area contributed by atoms with E-state index in [4.69, 9.17) is 9.26 Å². The molecule has 1 aromatic heterocycles. The van der Waals surface area contributed by atoms with Crippen molar-refractivity contribution in [2.75, 3.05) is 23.4 Å². The monoisotopic (exact) mass is 493 g/mol. The van der Waals surface area contributed by atoms with Crippen LogP contribution in [0.15, 0.2) is 22.7 Å². The van der Waals surface area contributed by atoms with Crippen molar-refractivity contribution in [1.29, 1.82) is 0 Å². The molecule has 0 radical (unpaired) electrons. The van der Waals surface area contributed by atoms with E-state index < -0.39 is 15.6 Å². The lowest BCUT2D eigenvalue weighted by atomic mass is 9.89. The number of hydrogen-bond donors (Lipinski definition) is 3. The Morgan fingerprint density at radius 2 is 1.88 bits per heavy atom. The molecule has 3 rings (SSSR count). The number of hydrogen-bond acceptors (Lipinski definition) is 8. The fraction of sp³-hybridized carbons (Fsp3) is 0.545. The number of sulfonamides is 1. The molecule has 186 valence electrons. The number of carbonyl (C=O) groups is 2. The summed E-state index contributed by atoms with van der Waals surface area (Å²) in [6.45, 7) is 1.48. The topological polar surface area (TPSA) is 153 Å². The van der Waals surface area contributed by atoms with Crippen molar-refractivity contribution in [2.45, 2.75) is 63.8 Å². The van der Waals surface area contributed by atoms with Gasteiger partial charge in [-0.05, 0) is 31.0 Å². The average Bonchev–Trinajstić information content (AvgIpc) is 3.11. The van der Waals surface area contributed by atoms with Crippen LogP contribution in [0.1, 0.15) is 63.6 Å². The fourth-order valence-electron chi connectivity index (χ4n) is 4.13. The first-order valence-corrected chi connectivity index (χ1v) is 13.1. The maximum atomic E-state index is 12.5. The molecule has 2 amide bonds. The van der Waals surface area contributed by atoms with E-state index in [0.29, 0.717) is 23.2 Å². The lowest BCUT2D eigenvalue weighted by Crippen LogP contribution is -2.45. The molecule has 34 heavy (non-hydrogen) atoms. The molecule has 1 aliphatic rings. The second-order valence-electron chi connectivity index (χ2n) is 8.53. The summed E-state index contributed by atoms with van der Waals surface area (Å²) in [4.78, 5) is 28.8. The summed E-state index contributed by atoms with van der Waals surface area (Å²) in [5.41, 5.74) is -0.0133. The normalized spacial score (nSPS) is 15.7. The van der Waals surface area contributed by atoms with Crippen LogP contribution in [-0.2, 0) is 31.6 Å². The molecule has 0 unspecified atom stereocenters. The summed E-state index contributed by atoms with van der Waals surface area (Å²) in [5, 5.41) is 9.88. The van der Waals surface area contributed by atoms with Gasteiger partial charge in [0.15, 0.2) is 5.82 Å². The Bertz CT molecular complexity index is 1120. The number of aromatic nitrogens is 2. The molecule has 1 aromatic carbocycles. The molecule has 11 nitrogen and oxygen atoms in total. The lowest BCUT2D eigenvalue weighted by Gasteiger charge is -2.30. The molecule has 1 heterocycles. The number of anilines is 2. The fourth-order valence-corrected chi connectivity index (χ4v) is 4.69. The largest absolute Gasteiger partial charge is 0.495 e. The third-order valence-electron chi connectivity index (χ3n) is 5.61. The van der Waals surface area contributed by atoms with Crippen LogP contribution in [0.3, 0.4) is 0 Å². The van der Waals surface area contributed by atoms with Gasteiger partial charge in [-0.15, -0.1) is 0 Å². The summed E-state index contributed by atoms with van der Waals surface area (Å²) in [7, 11) is -2.10. The van der Waals surface area contributed by atoms with Gasteiger partial charge in [-0.1, -0.05) is 30.8 Å². The molecule has 1 aliphatic carbocycles. The highest BCUT2D eigenvalue weighted by molar-refractivity contribution is 7.92. The Morgan fingerprint density at radius 1 is 1.18 bits per heavy atom. The quantitative estimate of drug-likeness (QED) is 0.451. The van der Waals surface area contributed by atoms with Gasteiger partial charge in [-0.25, -0.2) is 8.42 Å². The summed E-state index contributed by atoms with van der Waals surface area (Å²) in [5.74, 6) is 0.645. The zero-order valence-electron chi connectivity index (χ0n) is 19.6. The minimum Gasteiger partial charge on any atom is -0.495 e. The van der Waals surface area contributed by atoms with E-state index in [-0.39, 0.29) is 30.3 Å². The molecule has 2 aromatic rings. The molecule has 0 saturated heterocycles. The number of benzene rings is 1. The van der Waals surface area contributed by atoms with Crippen LogP contribution in [0, 0.1) is 0 Å². The Kier molecular flexibility index (Phi) is 8.13. The highest BCUT2D eigenvalue weighted by Gasteiger charge is 2.38. The second-order valence-corrected chi connectivity index (χ2v) is 10.3. The molecule has 0 atom stereocenters. The number of rotatable bonds is 9. The van der Waals surface area contributed by atoms with Crippen molar-refractivity contribution in [3.63, 3.8) is 0 Å². The van der Waals surface area contributed by atoms with Crippen LogP contribution in [-0.4, -0.2) is 43.7 Å². The molecular formula is C22H31N5O6S. The minimum absolute atomic E-state index is 0.0790. The predicted molar refractivity (Wildman–Crippen MR) is 126 cm³/mol. The van der Waals surface area contributed by atoms with E-state index in [9.17, 15) is 18.0 Å². The number of methoxy groups -OCH3 is 1. The number of carbonyl (C=O) groups excluding carboxylic acids is 2. The number of amides is 2. The van der Waals surface area contributed by atoms with E-state index in [0.717, 1.165) is 44.8 Å². The maximum absolute atomic E-state index is 12.5. The molecule has 0 aliphatic heterocycles. The maximum Gasteiger partial charge on any atom is 0.229 e. The Hall–Kier alpha value is -3.15. The van der Waals surface area contributed by atoms with Gasteiger partial charge in [0.1, 0.15) is 11.3 Å². The van der Waals surface area contributed by atoms with Crippen molar-refractivity contribution in [2.24, 2.45) is 0 Å². The Labute approximate surface area is 199 Å². The average molecular weight is 494 g/mol. The lowest BCUT2D eigenvalue weighted by molar-refractivity contribution is -0.121. The van der Waals surface area contributed by atoms with Gasteiger partial charge >= 0.3 is 0 Å². The molecular weight excluding hydrogens is 462 g/mol. The first kappa shape index (κ1) is 25.5. The van der Waals surface area contributed by atoms with E-state index in [2.05, 4.69) is 25.5 Å². The van der Waals surface area contributed by atoms with Crippen molar-refractivity contribution in [3.05, 3.63) is 29.9 Å². The first-order chi connectivity index (χ1) is 16.1. The van der Waals surface area contributed by atoms with E-state index in [1.165, 1.54) is 20.1 Å². The molecule has 0 bridgehead atoms. The zero-order valence-corrected chi connectivity index (χ0v) is 20.5. The van der Waals surface area contributed by atoms with Crippen molar-refractivity contribution in [3.8, 4) is 5.75 Å². The predicted octanol–water partition coefficient (Wildman–Crippen LogP) is 2.71. The van der Waals surface area contributed by atoms with E-state index in [1.54, 1.807) is 12.1 Å². The first-order valence-electron chi connectivity index (χ1n) is 11.2. The van der Waals surface area contributed by atoms with Crippen LogP contribution < -0.4 is 20.1 Å².